The van der Waals surface area contributed by atoms with Gasteiger partial charge in [0.15, 0.2) is 0 Å². The molecule has 1 aliphatic carbocycles. The maximum Gasteiger partial charge on any atom is 0.0281 e. The first-order valence-electron chi connectivity index (χ1n) is 6.21. The maximum atomic E-state index is 3.82. The molecule has 0 aromatic carbocycles. The Morgan fingerprint density at radius 1 is 1.27 bits per heavy atom. The van der Waals surface area contributed by atoms with Crippen molar-refractivity contribution in [2.45, 2.75) is 49.3 Å². The van der Waals surface area contributed by atoms with E-state index in [4.69, 9.17) is 0 Å². The normalized spacial score (nSPS) is 27.0. The lowest BCUT2D eigenvalue weighted by Gasteiger charge is -2.31. The van der Waals surface area contributed by atoms with Gasteiger partial charge < -0.3 is 5.32 Å². The second kappa shape index (κ2) is 5.83. The molecule has 1 nitrogen and oxygen atoms in total. The molecule has 0 unspecified atom stereocenters. The number of nitrogens with one attached hydrogen (secondary N) is 1. The summed E-state index contributed by atoms with van der Waals surface area (Å²) in [5.41, 5.74) is 0. The van der Waals surface area contributed by atoms with E-state index in [9.17, 15) is 0 Å². The van der Waals surface area contributed by atoms with Crippen LogP contribution in [0.25, 0.3) is 0 Å². The summed E-state index contributed by atoms with van der Waals surface area (Å²) in [5, 5.41) is 3.82. The number of hydrogen-bond acceptors (Lipinski definition) is 3. The summed E-state index contributed by atoms with van der Waals surface area (Å²) in [6.07, 6.45) is 10.8. The molecule has 2 fully saturated rings. The Morgan fingerprint density at radius 3 is 2.53 bits per heavy atom. The zero-order valence-corrected chi connectivity index (χ0v) is 11.4. The molecule has 3 heteroatoms. The molecular weight excluding hydrogens is 222 g/mol. The van der Waals surface area contributed by atoms with Crippen molar-refractivity contribution in [1.29, 1.82) is 0 Å². The first-order chi connectivity index (χ1) is 7.35. The van der Waals surface area contributed by atoms with Crippen LogP contribution in [0.3, 0.4) is 0 Å². The summed E-state index contributed by atoms with van der Waals surface area (Å²) in [7, 11) is 0. The van der Waals surface area contributed by atoms with Crippen LogP contribution in [0.4, 0.5) is 0 Å². The lowest BCUT2D eigenvalue weighted by Crippen LogP contribution is -2.42. The monoisotopic (exact) mass is 245 g/mol. The lowest BCUT2D eigenvalue weighted by molar-refractivity contribution is 0.438. The van der Waals surface area contributed by atoms with Gasteiger partial charge in [-0.15, -0.1) is 0 Å². The van der Waals surface area contributed by atoms with Crippen LogP contribution in [0.15, 0.2) is 0 Å². The average Bonchev–Trinajstić information content (AvgIpc) is 2.77. The fraction of sp³-hybridized carbons (Fsp3) is 1.00. The minimum Gasteiger partial charge on any atom is -0.313 e. The molecule has 1 saturated heterocycles. The van der Waals surface area contributed by atoms with Crippen LogP contribution < -0.4 is 5.32 Å². The van der Waals surface area contributed by atoms with Crippen LogP contribution in [0, 0.1) is 0 Å². The topological polar surface area (TPSA) is 12.0 Å². The molecule has 0 aromatic heterocycles. The highest BCUT2D eigenvalue weighted by Gasteiger charge is 2.33. The Kier molecular flexibility index (Phi) is 4.71. The van der Waals surface area contributed by atoms with Crippen LogP contribution in [-0.2, 0) is 0 Å². The van der Waals surface area contributed by atoms with Gasteiger partial charge in [-0.1, -0.05) is 12.8 Å². The molecule has 1 saturated carbocycles. The predicted octanol–water partition coefficient (Wildman–Crippen LogP) is 3.15. The fourth-order valence-corrected chi connectivity index (χ4v) is 4.74. The summed E-state index contributed by atoms with van der Waals surface area (Å²) >= 11 is 4.22. The van der Waals surface area contributed by atoms with Gasteiger partial charge >= 0.3 is 0 Å². The zero-order valence-electron chi connectivity index (χ0n) is 9.76. The minimum absolute atomic E-state index is 0.588. The van der Waals surface area contributed by atoms with E-state index in [0.717, 1.165) is 6.04 Å². The summed E-state index contributed by atoms with van der Waals surface area (Å²) in [4.78, 5) is 0. The van der Waals surface area contributed by atoms with Crippen molar-refractivity contribution >= 4 is 23.5 Å². The third kappa shape index (κ3) is 3.31. The van der Waals surface area contributed by atoms with Gasteiger partial charge in [-0.3, -0.25) is 0 Å². The molecule has 1 heterocycles. The van der Waals surface area contributed by atoms with Crippen molar-refractivity contribution in [3.63, 3.8) is 0 Å². The van der Waals surface area contributed by atoms with E-state index in [1.54, 1.807) is 0 Å². The van der Waals surface area contributed by atoms with Gasteiger partial charge in [0.1, 0.15) is 0 Å². The molecule has 0 aromatic rings. The summed E-state index contributed by atoms with van der Waals surface area (Å²) < 4.78 is 0.588. The quantitative estimate of drug-likeness (QED) is 0.817. The Labute approximate surface area is 103 Å². The largest absolute Gasteiger partial charge is 0.313 e. The van der Waals surface area contributed by atoms with E-state index in [1.165, 1.54) is 56.6 Å². The van der Waals surface area contributed by atoms with Gasteiger partial charge in [-0.25, -0.2) is 0 Å². The minimum atomic E-state index is 0.588. The molecule has 0 atom stereocenters. The van der Waals surface area contributed by atoms with Crippen molar-refractivity contribution in [1.82, 2.24) is 5.32 Å². The van der Waals surface area contributed by atoms with E-state index >= 15 is 0 Å². The van der Waals surface area contributed by atoms with Gasteiger partial charge in [0.05, 0.1) is 0 Å². The average molecular weight is 245 g/mol. The van der Waals surface area contributed by atoms with Crippen LogP contribution in [0.2, 0.25) is 0 Å². The van der Waals surface area contributed by atoms with Crippen molar-refractivity contribution in [2.24, 2.45) is 0 Å². The van der Waals surface area contributed by atoms with E-state index in [2.05, 4.69) is 35.1 Å². The van der Waals surface area contributed by atoms with E-state index < -0.39 is 0 Å². The molecule has 0 amide bonds. The highest BCUT2D eigenvalue weighted by atomic mass is 32.2. The molecule has 15 heavy (non-hydrogen) atoms. The molecule has 2 rings (SSSR count). The Hall–Kier alpha value is 0.660. The Balaban J connectivity index is 1.75. The summed E-state index contributed by atoms with van der Waals surface area (Å²) in [5.74, 6) is 2.73. The SMILES string of the molecule is CSC1(CNC2CCSCC2)CCCC1. The third-order valence-corrected chi connectivity index (χ3v) is 6.35. The van der Waals surface area contributed by atoms with Crippen LogP contribution in [0.5, 0.6) is 0 Å². The fourth-order valence-electron chi connectivity index (χ4n) is 2.70. The molecule has 0 bridgehead atoms. The first kappa shape index (κ1) is 12.1. The van der Waals surface area contributed by atoms with E-state index in [0.29, 0.717) is 4.75 Å². The molecule has 1 aliphatic heterocycles. The third-order valence-electron chi connectivity index (χ3n) is 3.88. The Bertz CT molecular complexity index is 184. The molecular formula is C12H23NS2. The van der Waals surface area contributed by atoms with Gasteiger partial charge in [0.25, 0.3) is 0 Å². The highest BCUT2D eigenvalue weighted by Crippen LogP contribution is 2.39. The van der Waals surface area contributed by atoms with Crippen LogP contribution in [0.1, 0.15) is 38.5 Å². The van der Waals surface area contributed by atoms with Crippen molar-refractivity contribution < 1.29 is 0 Å². The Morgan fingerprint density at radius 2 is 1.93 bits per heavy atom. The summed E-state index contributed by atoms with van der Waals surface area (Å²) in [6.45, 7) is 1.25. The van der Waals surface area contributed by atoms with Gasteiger partial charge in [0, 0.05) is 17.3 Å². The predicted molar refractivity (Wildman–Crippen MR) is 73.1 cm³/mol. The molecule has 88 valence electrons. The number of hydrogen-bond donors (Lipinski definition) is 1. The molecule has 2 aliphatic rings. The number of rotatable bonds is 4. The van der Waals surface area contributed by atoms with Crippen LogP contribution in [-0.4, -0.2) is 35.1 Å². The van der Waals surface area contributed by atoms with Gasteiger partial charge in [0.2, 0.25) is 0 Å². The molecule has 0 spiro atoms. The maximum absolute atomic E-state index is 3.82. The second-order valence-corrected chi connectivity index (χ2v) is 7.36. The first-order valence-corrected chi connectivity index (χ1v) is 8.59. The smallest absolute Gasteiger partial charge is 0.0281 e. The highest BCUT2D eigenvalue weighted by molar-refractivity contribution is 8.00. The second-order valence-electron chi connectivity index (χ2n) is 4.86. The zero-order chi connectivity index (χ0) is 10.6. The molecule has 0 radical (unpaired) electrons. The van der Waals surface area contributed by atoms with Crippen molar-refractivity contribution in [3.05, 3.63) is 0 Å². The summed E-state index contributed by atoms with van der Waals surface area (Å²) in [6, 6.07) is 0.816. The van der Waals surface area contributed by atoms with Gasteiger partial charge in [-0.05, 0) is 43.4 Å². The molecule has 1 N–H and O–H groups in total. The van der Waals surface area contributed by atoms with E-state index in [-0.39, 0.29) is 0 Å². The standard InChI is InChI=1S/C12H23NS2/c1-14-12(6-2-3-7-12)10-13-11-4-8-15-9-5-11/h11,13H,2-10H2,1H3. The lowest BCUT2D eigenvalue weighted by atomic mass is 10.1. The van der Waals surface area contributed by atoms with Gasteiger partial charge in [-0.2, -0.15) is 23.5 Å². The van der Waals surface area contributed by atoms with Crippen LogP contribution >= 0.6 is 23.5 Å². The van der Waals surface area contributed by atoms with Crippen molar-refractivity contribution in [3.8, 4) is 0 Å². The number of thioether (sulfide) groups is 2. The van der Waals surface area contributed by atoms with Crippen molar-refractivity contribution in [2.75, 3.05) is 24.3 Å². The van der Waals surface area contributed by atoms with E-state index in [1.807, 2.05) is 0 Å².